The van der Waals surface area contributed by atoms with Gasteiger partial charge >= 0.3 is 12.3 Å². The Kier molecular flexibility index (Phi) is 7.50. The van der Waals surface area contributed by atoms with Crippen LogP contribution in [0.1, 0.15) is 19.8 Å². The van der Waals surface area contributed by atoms with Crippen molar-refractivity contribution < 1.29 is 35.5 Å². The normalized spacial score (nSPS) is 12.9. The first kappa shape index (κ1) is 18.3. The number of carbonyl (C=O) groups excluding carboxylic acids is 1. The molecule has 0 aromatic carbocycles. The highest BCUT2D eigenvalue weighted by molar-refractivity contribution is 7.91. The molecule has 114 valence electrons. The second-order valence-corrected chi connectivity index (χ2v) is 6.41. The van der Waals surface area contributed by atoms with Gasteiger partial charge in [0.05, 0.1) is 5.75 Å². The van der Waals surface area contributed by atoms with E-state index in [4.69, 9.17) is 0 Å². The number of ketones is 1. The summed E-state index contributed by atoms with van der Waals surface area (Å²) >= 11 is 0. The van der Waals surface area contributed by atoms with Crippen LogP contribution in [0.25, 0.3) is 0 Å². The third-order valence-electron chi connectivity index (χ3n) is 2.23. The molecule has 0 spiro atoms. The Hall–Kier alpha value is -0.700. The monoisotopic (exact) mass is 308 g/mol. The van der Waals surface area contributed by atoms with Gasteiger partial charge in [0.2, 0.25) is 0 Å². The zero-order chi connectivity index (χ0) is 15.1. The van der Waals surface area contributed by atoms with Crippen LogP contribution in [-0.2, 0) is 19.4 Å². The summed E-state index contributed by atoms with van der Waals surface area (Å²) < 4.78 is 74.6. The Morgan fingerprint density at radius 2 is 1.89 bits per heavy atom. The zero-order valence-electron chi connectivity index (χ0n) is 10.4. The Morgan fingerprint density at radius 3 is 2.37 bits per heavy atom. The van der Waals surface area contributed by atoms with Gasteiger partial charge in [-0.25, -0.2) is 17.2 Å². The molecule has 0 saturated carbocycles. The van der Waals surface area contributed by atoms with Crippen LogP contribution < -0.4 is 0 Å². The molecule has 0 rings (SSSR count). The van der Waals surface area contributed by atoms with Gasteiger partial charge in [0.25, 0.3) is 0 Å². The number of alkyl halides is 4. The lowest BCUT2D eigenvalue weighted by molar-refractivity contribution is -0.168. The number of hydrogen-bond donors (Lipinski definition) is 0. The lowest BCUT2D eigenvalue weighted by Crippen LogP contribution is -2.33. The van der Waals surface area contributed by atoms with Crippen LogP contribution in [-0.4, -0.2) is 51.3 Å². The van der Waals surface area contributed by atoms with Crippen LogP contribution in [0.4, 0.5) is 17.6 Å². The molecule has 0 heterocycles. The quantitative estimate of drug-likeness (QED) is 0.576. The highest BCUT2D eigenvalue weighted by atomic mass is 32.2. The minimum Gasteiger partial charge on any atom is -0.367 e. The van der Waals surface area contributed by atoms with Crippen LogP contribution in [0.3, 0.4) is 0 Å². The molecule has 0 aliphatic carbocycles. The average molecular weight is 308 g/mol. The second-order valence-electron chi connectivity index (χ2n) is 3.93. The lowest BCUT2D eigenvalue weighted by atomic mass is 10.2. The van der Waals surface area contributed by atoms with E-state index in [1.165, 1.54) is 6.92 Å². The molecular formula is C10H16F4O4S. The Labute approximate surface area is 109 Å². The number of hydrogen-bond acceptors (Lipinski definition) is 4. The van der Waals surface area contributed by atoms with Crippen LogP contribution in [0, 0.1) is 0 Å². The van der Waals surface area contributed by atoms with Crippen molar-refractivity contribution in [2.24, 2.45) is 0 Å². The first-order valence-electron chi connectivity index (χ1n) is 5.56. The number of rotatable bonds is 10. The highest BCUT2D eigenvalue weighted by Gasteiger charge is 2.41. The van der Waals surface area contributed by atoms with E-state index in [0.717, 1.165) is 0 Å². The zero-order valence-corrected chi connectivity index (χ0v) is 11.2. The Bertz CT molecular complexity index is 381. The second kappa shape index (κ2) is 7.78. The molecule has 0 bridgehead atoms. The van der Waals surface area contributed by atoms with Crippen molar-refractivity contribution in [1.29, 1.82) is 0 Å². The first-order chi connectivity index (χ1) is 8.60. The van der Waals surface area contributed by atoms with Gasteiger partial charge in [-0.1, -0.05) is 6.92 Å². The van der Waals surface area contributed by atoms with Gasteiger partial charge in [0.1, 0.15) is 23.1 Å². The van der Waals surface area contributed by atoms with Gasteiger partial charge in [-0.05, 0) is 6.42 Å². The molecule has 4 nitrogen and oxygen atoms in total. The van der Waals surface area contributed by atoms with Crippen molar-refractivity contribution in [2.75, 3.05) is 24.7 Å². The maximum absolute atomic E-state index is 12.4. The fourth-order valence-electron chi connectivity index (χ4n) is 1.07. The molecule has 0 atom stereocenters. The summed E-state index contributed by atoms with van der Waals surface area (Å²) in [6.07, 6.45) is -3.94. The summed E-state index contributed by atoms with van der Waals surface area (Å²) in [6, 6.07) is 0. The molecule has 0 amide bonds. The largest absolute Gasteiger partial charge is 0.367 e. The van der Waals surface area contributed by atoms with E-state index in [0.29, 0.717) is 0 Å². The fourth-order valence-corrected chi connectivity index (χ4v) is 1.94. The summed E-state index contributed by atoms with van der Waals surface area (Å²) in [5, 5.41) is 0. The average Bonchev–Trinajstić information content (AvgIpc) is 2.28. The van der Waals surface area contributed by atoms with Crippen molar-refractivity contribution >= 4 is 15.6 Å². The van der Waals surface area contributed by atoms with Gasteiger partial charge in [-0.3, -0.25) is 4.79 Å². The molecule has 0 N–H and O–H groups in total. The van der Waals surface area contributed by atoms with Gasteiger partial charge in [-0.2, -0.15) is 8.78 Å². The van der Waals surface area contributed by atoms with Gasteiger partial charge in [-0.15, -0.1) is 0 Å². The smallest absolute Gasteiger partial charge is 0.330 e. The van der Waals surface area contributed by atoms with Crippen LogP contribution >= 0.6 is 0 Å². The molecule has 19 heavy (non-hydrogen) atoms. The Morgan fingerprint density at radius 1 is 1.32 bits per heavy atom. The number of sulfone groups is 1. The van der Waals surface area contributed by atoms with Crippen molar-refractivity contribution in [1.82, 2.24) is 0 Å². The van der Waals surface area contributed by atoms with Gasteiger partial charge in [0.15, 0.2) is 5.78 Å². The summed E-state index contributed by atoms with van der Waals surface area (Å²) in [6.45, 7) is -0.801. The van der Waals surface area contributed by atoms with E-state index in [1.807, 2.05) is 0 Å². The predicted octanol–water partition coefficient (Wildman–Crippen LogP) is 1.69. The SMILES string of the molecule is CCS(=O)(=O)CCCC(=O)COCC(F)(F)C(F)F. The summed E-state index contributed by atoms with van der Waals surface area (Å²) in [5.74, 6) is -5.11. The summed E-state index contributed by atoms with van der Waals surface area (Å²) in [5.41, 5.74) is 0. The maximum Gasteiger partial charge on any atom is 0.330 e. The number of Topliss-reactive ketones (excluding diaryl/α,β-unsaturated/α-hetero) is 1. The summed E-state index contributed by atoms with van der Waals surface area (Å²) in [4.78, 5) is 11.1. The topological polar surface area (TPSA) is 60.4 Å². The van der Waals surface area contributed by atoms with E-state index in [9.17, 15) is 30.8 Å². The molecule has 9 heteroatoms. The fraction of sp³-hybridized carbons (Fsp3) is 0.900. The first-order valence-corrected chi connectivity index (χ1v) is 7.38. The highest BCUT2D eigenvalue weighted by Crippen LogP contribution is 2.22. The number of carbonyl (C=O) groups is 1. The molecule has 0 radical (unpaired) electrons. The van der Waals surface area contributed by atoms with E-state index in [-0.39, 0.29) is 24.3 Å². The van der Waals surface area contributed by atoms with E-state index >= 15 is 0 Å². The van der Waals surface area contributed by atoms with Crippen molar-refractivity contribution in [3.05, 3.63) is 0 Å². The minimum absolute atomic E-state index is 0.0434. The molecular weight excluding hydrogens is 292 g/mol. The third-order valence-corrected chi connectivity index (χ3v) is 4.02. The van der Waals surface area contributed by atoms with E-state index in [2.05, 4.69) is 4.74 Å². The summed E-state index contributed by atoms with van der Waals surface area (Å²) in [7, 11) is -3.18. The van der Waals surface area contributed by atoms with Crippen molar-refractivity contribution in [2.45, 2.75) is 32.1 Å². The van der Waals surface area contributed by atoms with Crippen molar-refractivity contribution in [3.8, 4) is 0 Å². The maximum atomic E-state index is 12.4. The Balaban J connectivity index is 3.84. The molecule has 0 unspecified atom stereocenters. The number of halogens is 4. The molecule has 0 aliphatic rings. The van der Waals surface area contributed by atoms with Crippen LogP contribution in [0.2, 0.25) is 0 Å². The molecule has 0 aromatic rings. The van der Waals surface area contributed by atoms with Crippen molar-refractivity contribution in [3.63, 3.8) is 0 Å². The van der Waals surface area contributed by atoms with E-state index < -0.39 is 41.2 Å². The predicted molar refractivity (Wildman–Crippen MR) is 60.3 cm³/mol. The van der Waals surface area contributed by atoms with Gasteiger partial charge < -0.3 is 4.74 Å². The van der Waals surface area contributed by atoms with Crippen LogP contribution in [0.5, 0.6) is 0 Å². The minimum atomic E-state index is -4.29. The molecule has 0 aromatic heterocycles. The standard InChI is InChI=1S/C10H16F4O4S/c1-2-19(16,17)5-3-4-8(15)6-18-7-10(13,14)9(11)12/h9H,2-7H2,1H3. The molecule has 0 aliphatic heterocycles. The third kappa shape index (κ3) is 8.14. The van der Waals surface area contributed by atoms with Crippen LogP contribution in [0.15, 0.2) is 0 Å². The molecule has 0 fully saturated rings. The number of ether oxygens (including phenoxy) is 1. The van der Waals surface area contributed by atoms with Gasteiger partial charge in [0, 0.05) is 12.2 Å². The molecule has 0 saturated heterocycles. The lowest BCUT2D eigenvalue weighted by Gasteiger charge is -2.14. The van der Waals surface area contributed by atoms with E-state index in [1.54, 1.807) is 0 Å².